The lowest BCUT2D eigenvalue weighted by atomic mass is 9.92. The Hall–Kier alpha value is -1.51. The average molecular weight is 290 g/mol. The number of benzene rings is 2. The summed E-state index contributed by atoms with van der Waals surface area (Å²) in [4.78, 5) is 0. The Labute approximate surface area is 125 Å². The van der Waals surface area contributed by atoms with Crippen molar-refractivity contribution in [2.45, 2.75) is 19.3 Å². The molecule has 0 fully saturated rings. The third-order valence-electron chi connectivity index (χ3n) is 3.38. The molecule has 0 heterocycles. The van der Waals surface area contributed by atoms with Gasteiger partial charge in [-0.25, -0.2) is 0 Å². The highest BCUT2D eigenvalue weighted by molar-refractivity contribution is 6.30. The maximum absolute atomic E-state index is 9.36. The Morgan fingerprint density at radius 1 is 1.15 bits per heavy atom. The van der Waals surface area contributed by atoms with Crippen molar-refractivity contribution in [3.63, 3.8) is 0 Å². The van der Waals surface area contributed by atoms with E-state index < -0.39 is 0 Å². The van der Waals surface area contributed by atoms with Gasteiger partial charge >= 0.3 is 0 Å². The van der Waals surface area contributed by atoms with E-state index in [-0.39, 0.29) is 0 Å². The zero-order valence-corrected chi connectivity index (χ0v) is 12.4. The Morgan fingerprint density at radius 2 is 1.90 bits per heavy atom. The zero-order valence-electron chi connectivity index (χ0n) is 11.6. The van der Waals surface area contributed by atoms with Gasteiger partial charge in [0.05, 0.1) is 0 Å². The maximum Gasteiger partial charge on any atom is 0.115 e. The topological polar surface area (TPSA) is 32.3 Å². The molecule has 2 aromatic carbocycles. The number of hydrogen-bond donors (Lipinski definition) is 2. The van der Waals surface area contributed by atoms with E-state index in [1.807, 2.05) is 30.3 Å². The first-order valence-corrected chi connectivity index (χ1v) is 7.31. The highest BCUT2D eigenvalue weighted by atomic mass is 35.5. The molecule has 2 rings (SSSR count). The van der Waals surface area contributed by atoms with Gasteiger partial charge in [-0.1, -0.05) is 42.8 Å². The van der Waals surface area contributed by atoms with E-state index >= 15 is 0 Å². The number of phenolic OH excluding ortho intramolecular Hbond substituents is 1. The number of rotatable bonds is 6. The number of likely N-dealkylation sites (N-methyl/N-ethyl adjacent to an activating group) is 1. The van der Waals surface area contributed by atoms with Gasteiger partial charge in [0.25, 0.3) is 0 Å². The van der Waals surface area contributed by atoms with Gasteiger partial charge < -0.3 is 10.4 Å². The van der Waals surface area contributed by atoms with Crippen molar-refractivity contribution in [2.75, 3.05) is 13.1 Å². The monoisotopic (exact) mass is 289 g/mol. The van der Waals surface area contributed by atoms with Crippen LogP contribution in [0.15, 0.2) is 48.5 Å². The first kappa shape index (κ1) is 14.9. The summed E-state index contributed by atoms with van der Waals surface area (Å²) in [5.41, 5.74) is 2.46. The normalized spacial score (nSPS) is 12.3. The number of hydrogen-bond acceptors (Lipinski definition) is 2. The predicted octanol–water partition coefficient (Wildman–Crippen LogP) is 3.98. The third kappa shape index (κ3) is 4.26. The van der Waals surface area contributed by atoms with E-state index in [0.717, 1.165) is 24.5 Å². The Bertz CT molecular complexity index is 539. The molecule has 0 radical (unpaired) electrons. The fourth-order valence-electron chi connectivity index (χ4n) is 2.30. The quantitative estimate of drug-likeness (QED) is 0.843. The van der Waals surface area contributed by atoms with Crippen LogP contribution in [0, 0.1) is 0 Å². The maximum atomic E-state index is 9.36. The minimum Gasteiger partial charge on any atom is -0.508 e. The van der Waals surface area contributed by atoms with Gasteiger partial charge in [-0.3, -0.25) is 0 Å². The van der Waals surface area contributed by atoms with Gasteiger partial charge in [-0.2, -0.15) is 0 Å². The van der Waals surface area contributed by atoms with E-state index in [4.69, 9.17) is 11.6 Å². The minimum atomic E-state index is 0.305. The van der Waals surface area contributed by atoms with Crippen molar-refractivity contribution >= 4 is 11.6 Å². The molecule has 106 valence electrons. The molecule has 2 N–H and O–H groups in total. The molecule has 0 saturated heterocycles. The highest BCUT2D eigenvalue weighted by Crippen LogP contribution is 2.24. The van der Waals surface area contributed by atoms with Gasteiger partial charge in [-0.15, -0.1) is 0 Å². The predicted molar refractivity (Wildman–Crippen MR) is 84.5 cm³/mol. The molecule has 0 saturated carbocycles. The highest BCUT2D eigenvalue weighted by Gasteiger charge is 2.12. The van der Waals surface area contributed by atoms with Crippen LogP contribution >= 0.6 is 11.6 Å². The lowest BCUT2D eigenvalue weighted by molar-refractivity contribution is 0.475. The van der Waals surface area contributed by atoms with Crippen LogP contribution in [0.2, 0.25) is 5.02 Å². The smallest absolute Gasteiger partial charge is 0.115 e. The first-order valence-electron chi connectivity index (χ1n) is 6.93. The van der Waals surface area contributed by atoms with Gasteiger partial charge in [-0.05, 0) is 48.4 Å². The molecule has 2 aromatic rings. The molecule has 20 heavy (non-hydrogen) atoms. The van der Waals surface area contributed by atoms with Gasteiger partial charge in [0, 0.05) is 17.5 Å². The molecule has 3 heteroatoms. The third-order valence-corrected chi connectivity index (χ3v) is 3.61. The lowest BCUT2D eigenvalue weighted by Gasteiger charge is -2.18. The van der Waals surface area contributed by atoms with Crippen LogP contribution < -0.4 is 5.32 Å². The van der Waals surface area contributed by atoms with Crippen molar-refractivity contribution in [3.05, 3.63) is 64.7 Å². The summed E-state index contributed by atoms with van der Waals surface area (Å²) in [6.45, 7) is 3.97. The zero-order chi connectivity index (χ0) is 14.4. The van der Waals surface area contributed by atoms with Crippen LogP contribution in [0.5, 0.6) is 5.75 Å². The van der Waals surface area contributed by atoms with Gasteiger partial charge in [0.15, 0.2) is 0 Å². The second-order valence-electron chi connectivity index (χ2n) is 4.93. The standard InChI is InChI=1S/C17H20ClNO/c1-2-19-12-15(14-4-3-5-16(18)11-14)10-13-6-8-17(20)9-7-13/h3-9,11,15,19-20H,2,10,12H2,1H3. The summed E-state index contributed by atoms with van der Waals surface area (Å²) >= 11 is 6.09. The van der Waals surface area contributed by atoms with Crippen molar-refractivity contribution in [1.29, 1.82) is 0 Å². The Kier molecular flexibility index (Phi) is 5.45. The van der Waals surface area contributed by atoms with E-state index in [1.54, 1.807) is 12.1 Å². The van der Waals surface area contributed by atoms with E-state index in [0.29, 0.717) is 11.7 Å². The summed E-state index contributed by atoms with van der Waals surface area (Å²) in [5, 5.41) is 13.5. The molecule has 0 aliphatic heterocycles. The van der Waals surface area contributed by atoms with Crippen LogP contribution in [-0.2, 0) is 6.42 Å². The molecular formula is C17H20ClNO. The molecule has 1 atom stereocenters. The molecule has 0 aliphatic carbocycles. The summed E-state index contributed by atoms with van der Waals surface area (Å²) in [5.74, 6) is 0.679. The molecule has 0 spiro atoms. The van der Waals surface area contributed by atoms with Crippen LogP contribution in [0.3, 0.4) is 0 Å². The fourth-order valence-corrected chi connectivity index (χ4v) is 2.50. The number of phenols is 1. The SMILES string of the molecule is CCNCC(Cc1ccc(O)cc1)c1cccc(Cl)c1. The Balaban J connectivity index is 2.16. The summed E-state index contributed by atoms with van der Waals surface area (Å²) in [6.07, 6.45) is 0.924. The summed E-state index contributed by atoms with van der Waals surface area (Å²) in [7, 11) is 0. The summed E-state index contributed by atoms with van der Waals surface area (Å²) < 4.78 is 0. The number of aromatic hydroxyl groups is 1. The second kappa shape index (κ2) is 7.32. The lowest BCUT2D eigenvalue weighted by Crippen LogP contribution is -2.22. The molecular weight excluding hydrogens is 270 g/mol. The molecule has 0 aromatic heterocycles. The molecule has 0 amide bonds. The van der Waals surface area contributed by atoms with Crippen molar-refractivity contribution in [3.8, 4) is 5.75 Å². The number of halogens is 1. The second-order valence-corrected chi connectivity index (χ2v) is 5.37. The first-order chi connectivity index (χ1) is 9.69. The summed E-state index contributed by atoms with van der Waals surface area (Å²) in [6, 6.07) is 15.5. The van der Waals surface area contributed by atoms with Crippen molar-refractivity contribution in [2.24, 2.45) is 0 Å². The van der Waals surface area contributed by atoms with Crippen LogP contribution in [0.25, 0.3) is 0 Å². The van der Waals surface area contributed by atoms with E-state index in [2.05, 4.69) is 18.3 Å². The van der Waals surface area contributed by atoms with E-state index in [1.165, 1.54) is 11.1 Å². The molecule has 0 bridgehead atoms. The number of nitrogens with one attached hydrogen (secondary N) is 1. The van der Waals surface area contributed by atoms with Crippen LogP contribution in [0.4, 0.5) is 0 Å². The fraction of sp³-hybridized carbons (Fsp3) is 0.294. The van der Waals surface area contributed by atoms with Gasteiger partial charge in [0.1, 0.15) is 5.75 Å². The van der Waals surface area contributed by atoms with Crippen LogP contribution in [0.1, 0.15) is 24.0 Å². The van der Waals surface area contributed by atoms with E-state index in [9.17, 15) is 5.11 Å². The Morgan fingerprint density at radius 3 is 2.55 bits per heavy atom. The van der Waals surface area contributed by atoms with Crippen LogP contribution in [-0.4, -0.2) is 18.2 Å². The average Bonchev–Trinajstić information content (AvgIpc) is 2.45. The molecule has 1 unspecified atom stereocenters. The largest absolute Gasteiger partial charge is 0.508 e. The van der Waals surface area contributed by atoms with Crippen molar-refractivity contribution < 1.29 is 5.11 Å². The minimum absolute atomic E-state index is 0.305. The molecule has 0 aliphatic rings. The van der Waals surface area contributed by atoms with Gasteiger partial charge in [0.2, 0.25) is 0 Å². The van der Waals surface area contributed by atoms with Crippen molar-refractivity contribution in [1.82, 2.24) is 5.32 Å². The molecule has 2 nitrogen and oxygen atoms in total.